The van der Waals surface area contributed by atoms with Crippen LogP contribution in [0.3, 0.4) is 0 Å². The maximum atomic E-state index is 12.9. The van der Waals surface area contributed by atoms with E-state index in [2.05, 4.69) is 6.07 Å². The van der Waals surface area contributed by atoms with Gasteiger partial charge in [-0.2, -0.15) is 0 Å². The van der Waals surface area contributed by atoms with Gasteiger partial charge in [-0.1, -0.05) is 12.1 Å². The number of benzene rings is 2. The zero-order chi connectivity index (χ0) is 18.8. The Kier molecular flexibility index (Phi) is 4.98. The van der Waals surface area contributed by atoms with Crippen molar-refractivity contribution in [1.29, 1.82) is 0 Å². The Morgan fingerprint density at radius 3 is 2.42 bits per heavy atom. The molecule has 1 atom stereocenters. The van der Waals surface area contributed by atoms with Crippen LogP contribution < -0.4 is 9.64 Å². The average molecular weight is 352 g/mol. The first-order valence-corrected chi connectivity index (χ1v) is 8.75. The van der Waals surface area contributed by atoms with Gasteiger partial charge in [-0.05, 0) is 62.2 Å². The lowest BCUT2D eigenvalue weighted by molar-refractivity contribution is -0.124. The molecule has 1 aliphatic heterocycles. The van der Waals surface area contributed by atoms with Crippen molar-refractivity contribution in [3.8, 4) is 5.75 Å². The van der Waals surface area contributed by atoms with Gasteiger partial charge in [-0.25, -0.2) is 0 Å². The summed E-state index contributed by atoms with van der Waals surface area (Å²) < 4.78 is 5.19. The number of amides is 2. The molecular weight excluding hydrogens is 328 g/mol. The Bertz CT molecular complexity index is 827. The third kappa shape index (κ3) is 3.43. The van der Waals surface area contributed by atoms with Gasteiger partial charge in [0.05, 0.1) is 7.11 Å². The molecule has 2 amide bonds. The highest BCUT2D eigenvalue weighted by Gasteiger charge is 2.35. The van der Waals surface area contributed by atoms with E-state index < -0.39 is 6.04 Å². The SMILES string of the molecule is COc1cccc(C(=O)N2CCN(c3cc(C)cc(C)c3)C(=O)[C@@H]2C)c1. The second-order valence-electron chi connectivity index (χ2n) is 6.74. The van der Waals surface area contributed by atoms with Crippen LogP contribution in [0.1, 0.15) is 28.4 Å². The molecule has 5 nitrogen and oxygen atoms in total. The molecule has 1 fully saturated rings. The summed E-state index contributed by atoms with van der Waals surface area (Å²) in [5.41, 5.74) is 3.67. The van der Waals surface area contributed by atoms with Crippen LogP contribution in [-0.4, -0.2) is 43.0 Å². The number of hydrogen-bond acceptors (Lipinski definition) is 3. The number of hydrogen-bond donors (Lipinski definition) is 0. The Hall–Kier alpha value is -2.82. The maximum Gasteiger partial charge on any atom is 0.254 e. The lowest BCUT2D eigenvalue weighted by Gasteiger charge is -2.39. The van der Waals surface area contributed by atoms with Crippen molar-refractivity contribution in [2.24, 2.45) is 0 Å². The van der Waals surface area contributed by atoms with Gasteiger partial charge in [-0.3, -0.25) is 9.59 Å². The number of rotatable bonds is 3. The van der Waals surface area contributed by atoms with Gasteiger partial charge in [-0.15, -0.1) is 0 Å². The summed E-state index contributed by atoms with van der Waals surface area (Å²) in [7, 11) is 1.57. The second kappa shape index (κ2) is 7.20. The van der Waals surface area contributed by atoms with Crippen molar-refractivity contribution >= 4 is 17.5 Å². The van der Waals surface area contributed by atoms with E-state index in [1.807, 2.05) is 26.0 Å². The van der Waals surface area contributed by atoms with Crippen molar-refractivity contribution in [2.75, 3.05) is 25.1 Å². The summed E-state index contributed by atoms with van der Waals surface area (Å²) in [5.74, 6) is 0.422. The molecule has 0 radical (unpaired) electrons. The maximum absolute atomic E-state index is 12.9. The van der Waals surface area contributed by atoms with Crippen LogP contribution in [0.2, 0.25) is 0 Å². The number of aryl methyl sites for hydroxylation is 2. The third-order valence-electron chi connectivity index (χ3n) is 4.75. The van der Waals surface area contributed by atoms with Crippen molar-refractivity contribution in [2.45, 2.75) is 26.8 Å². The molecule has 0 saturated carbocycles. The van der Waals surface area contributed by atoms with E-state index in [9.17, 15) is 9.59 Å². The molecule has 5 heteroatoms. The smallest absolute Gasteiger partial charge is 0.254 e. The number of carbonyl (C=O) groups is 2. The Morgan fingerprint density at radius 1 is 1.08 bits per heavy atom. The molecule has 3 rings (SSSR count). The lowest BCUT2D eigenvalue weighted by atomic mass is 10.1. The van der Waals surface area contributed by atoms with E-state index in [0.29, 0.717) is 24.4 Å². The van der Waals surface area contributed by atoms with Crippen molar-refractivity contribution < 1.29 is 14.3 Å². The van der Waals surface area contributed by atoms with Crippen LogP contribution in [0.15, 0.2) is 42.5 Å². The zero-order valence-corrected chi connectivity index (χ0v) is 15.7. The summed E-state index contributed by atoms with van der Waals surface area (Å²) in [4.78, 5) is 29.2. The van der Waals surface area contributed by atoms with E-state index >= 15 is 0 Å². The number of methoxy groups -OCH3 is 1. The number of carbonyl (C=O) groups excluding carboxylic acids is 2. The molecule has 136 valence electrons. The molecule has 0 unspecified atom stereocenters. The summed E-state index contributed by atoms with van der Waals surface area (Å²) in [5, 5.41) is 0. The summed E-state index contributed by atoms with van der Waals surface area (Å²) >= 11 is 0. The van der Waals surface area contributed by atoms with Gasteiger partial charge in [0.25, 0.3) is 5.91 Å². The fourth-order valence-electron chi connectivity index (χ4n) is 3.43. The number of ether oxygens (including phenoxy) is 1. The van der Waals surface area contributed by atoms with E-state index in [4.69, 9.17) is 4.74 Å². The first-order chi connectivity index (χ1) is 12.4. The first kappa shape index (κ1) is 18.0. The molecule has 2 aromatic carbocycles. The van der Waals surface area contributed by atoms with Crippen LogP contribution >= 0.6 is 0 Å². The highest BCUT2D eigenvalue weighted by Crippen LogP contribution is 2.24. The standard InChI is InChI=1S/C21H24N2O3/c1-14-10-15(2)12-18(11-14)23-9-8-22(16(3)20(23)24)21(25)17-6-5-7-19(13-17)26-4/h5-7,10-13,16H,8-9H2,1-4H3/t16-/m0/s1. The van der Waals surface area contributed by atoms with Crippen LogP contribution in [0.5, 0.6) is 5.75 Å². The zero-order valence-electron chi connectivity index (χ0n) is 15.7. The van der Waals surface area contributed by atoms with Gasteiger partial charge in [0.2, 0.25) is 5.91 Å². The largest absolute Gasteiger partial charge is 0.497 e. The van der Waals surface area contributed by atoms with E-state index in [1.54, 1.807) is 48.1 Å². The monoisotopic (exact) mass is 352 g/mol. The highest BCUT2D eigenvalue weighted by molar-refractivity contribution is 6.03. The van der Waals surface area contributed by atoms with Crippen molar-refractivity contribution in [1.82, 2.24) is 4.90 Å². The molecule has 0 aromatic heterocycles. The average Bonchev–Trinajstić information content (AvgIpc) is 2.62. The topological polar surface area (TPSA) is 49.9 Å². The number of anilines is 1. The number of nitrogens with zero attached hydrogens (tertiary/aromatic N) is 2. The van der Waals surface area contributed by atoms with Gasteiger partial charge in [0, 0.05) is 24.3 Å². The fraction of sp³-hybridized carbons (Fsp3) is 0.333. The molecule has 26 heavy (non-hydrogen) atoms. The number of piperazine rings is 1. The summed E-state index contributed by atoms with van der Waals surface area (Å²) in [6.45, 7) is 6.81. The van der Waals surface area contributed by atoms with Gasteiger partial charge >= 0.3 is 0 Å². The van der Waals surface area contributed by atoms with Gasteiger partial charge < -0.3 is 14.5 Å². The van der Waals surface area contributed by atoms with Gasteiger partial charge in [0.1, 0.15) is 11.8 Å². The van der Waals surface area contributed by atoms with Crippen LogP contribution in [0.25, 0.3) is 0 Å². The van der Waals surface area contributed by atoms with Crippen molar-refractivity contribution in [3.05, 3.63) is 59.2 Å². The molecule has 0 spiro atoms. The van der Waals surface area contributed by atoms with Crippen LogP contribution in [0, 0.1) is 13.8 Å². The predicted molar refractivity (Wildman–Crippen MR) is 102 cm³/mol. The fourth-order valence-corrected chi connectivity index (χ4v) is 3.43. The molecule has 0 aliphatic carbocycles. The lowest BCUT2D eigenvalue weighted by Crippen LogP contribution is -2.57. The molecule has 0 bridgehead atoms. The van der Waals surface area contributed by atoms with E-state index in [-0.39, 0.29) is 11.8 Å². The minimum Gasteiger partial charge on any atom is -0.497 e. The van der Waals surface area contributed by atoms with Crippen molar-refractivity contribution in [3.63, 3.8) is 0 Å². The Labute approximate surface area is 154 Å². The molecule has 2 aromatic rings. The minimum absolute atomic E-state index is 0.0579. The summed E-state index contributed by atoms with van der Waals surface area (Å²) in [6, 6.07) is 12.6. The first-order valence-electron chi connectivity index (χ1n) is 8.75. The van der Waals surface area contributed by atoms with E-state index in [1.165, 1.54) is 0 Å². The van der Waals surface area contributed by atoms with Crippen LogP contribution in [0.4, 0.5) is 5.69 Å². The molecule has 0 N–H and O–H groups in total. The van der Waals surface area contributed by atoms with E-state index in [0.717, 1.165) is 16.8 Å². The molecule has 1 heterocycles. The second-order valence-corrected chi connectivity index (χ2v) is 6.74. The Morgan fingerprint density at radius 2 is 1.77 bits per heavy atom. The third-order valence-corrected chi connectivity index (χ3v) is 4.75. The normalized spacial score (nSPS) is 17.4. The predicted octanol–water partition coefficient (Wildman–Crippen LogP) is 3.19. The quantitative estimate of drug-likeness (QED) is 0.852. The van der Waals surface area contributed by atoms with Gasteiger partial charge in [0.15, 0.2) is 0 Å². The summed E-state index contributed by atoms with van der Waals surface area (Å²) in [6.07, 6.45) is 0. The Balaban J connectivity index is 1.82. The minimum atomic E-state index is -0.511. The molecular formula is C21H24N2O3. The molecule has 1 aliphatic rings. The van der Waals surface area contributed by atoms with Crippen LogP contribution in [-0.2, 0) is 4.79 Å². The highest BCUT2D eigenvalue weighted by atomic mass is 16.5. The molecule has 1 saturated heterocycles.